The first-order valence-corrected chi connectivity index (χ1v) is 8.71. The van der Waals surface area contributed by atoms with Crippen molar-refractivity contribution in [3.63, 3.8) is 0 Å². The number of rotatable bonds is 6. The van der Waals surface area contributed by atoms with E-state index in [2.05, 4.69) is 78.5 Å². The Labute approximate surface area is 145 Å². The normalized spacial score (nSPS) is 13.5. The second-order valence-corrected chi connectivity index (χ2v) is 6.85. The van der Waals surface area contributed by atoms with E-state index < -0.39 is 0 Å². The van der Waals surface area contributed by atoms with Crippen LogP contribution >= 0.6 is 0 Å². The Morgan fingerprint density at radius 2 is 1.83 bits per heavy atom. The van der Waals surface area contributed by atoms with Crippen molar-refractivity contribution in [2.24, 2.45) is 5.73 Å². The molecule has 1 aliphatic heterocycles. The summed E-state index contributed by atoms with van der Waals surface area (Å²) in [5.41, 5.74) is 12.0. The summed E-state index contributed by atoms with van der Waals surface area (Å²) in [6.45, 7) is 7.90. The SMILES string of the molecule is CC(C)N1CNc2cc(-c3ccc(CN(C)CCN)cc3)ccc21. The number of nitrogens with two attached hydrogens (primary N) is 1. The third-order valence-corrected chi connectivity index (χ3v) is 4.62. The van der Waals surface area contributed by atoms with Gasteiger partial charge in [0.25, 0.3) is 0 Å². The molecule has 0 aromatic heterocycles. The predicted molar refractivity (Wildman–Crippen MR) is 103 cm³/mol. The maximum absolute atomic E-state index is 5.61. The molecule has 0 saturated carbocycles. The Hall–Kier alpha value is -2.04. The summed E-state index contributed by atoms with van der Waals surface area (Å²) in [5, 5.41) is 3.50. The molecule has 24 heavy (non-hydrogen) atoms. The van der Waals surface area contributed by atoms with Gasteiger partial charge in [0, 0.05) is 25.7 Å². The topological polar surface area (TPSA) is 44.5 Å². The quantitative estimate of drug-likeness (QED) is 0.855. The van der Waals surface area contributed by atoms with Crippen LogP contribution in [0, 0.1) is 0 Å². The van der Waals surface area contributed by atoms with Crippen LogP contribution in [0.5, 0.6) is 0 Å². The highest BCUT2D eigenvalue weighted by molar-refractivity contribution is 5.81. The molecule has 3 rings (SSSR count). The average Bonchev–Trinajstić information content (AvgIpc) is 2.99. The summed E-state index contributed by atoms with van der Waals surface area (Å²) in [5.74, 6) is 0. The van der Waals surface area contributed by atoms with Crippen LogP contribution in [0.4, 0.5) is 11.4 Å². The first kappa shape index (κ1) is 16.8. The van der Waals surface area contributed by atoms with E-state index in [1.54, 1.807) is 0 Å². The van der Waals surface area contributed by atoms with Gasteiger partial charge in [-0.3, -0.25) is 0 Å². The van der Waals surface area contributed by atoms with Gasteiger partial charge in [-0.15, -0.1) is 0 Å². The highest BCUT2D eigenvalue weighted by atomic mass is 15.3. The Morgan fingerprint density at radius 1 is 1.12 bits per heavy atom. The lowest BCUT2D eigenvalue weighted by molar-refractivity contribution is 0.336. The minimum Gasteiger partial charge on any atom is -0.366 e. The van der Waals surface area contributed by atoms with Crippen LogP contribution in [-0.2, 0) is 6.54 Å². The Bertz CT molecular complexity index is 679. The molecule has 0 bridgehead atoms. The predicted octanol–water partition coefficient (Wildman–Crippen LogP) is 3.34. The van der Waals surface area contributed by atoms with Gasteiger partial charge in [-0.05, 0) is 49.7 Å². The number of fused-ring (bicyclic) bond motifs is 1. The number of nitrogens with one attached hydrogen (secondary N) is 1. The second kappa shape index (κ2) is 7.24. The molecule has 0 spiro atoms. The van der Waals surface area contributed by atoms with Gasteiger partial charge in [0.05, 0.1) is 18.0 Å². The van der Waals surface area contributed by atoms with E-state index >= 15 is 0 Å². The first-order chi connectivity index (χ1) is 11.6. The molecule has 2 aromatic rings. The van der Waals surface area contributed by atoms with Gasteiger partial charge in [0.1, 0.15) is 0 Å². The first-order valence-electron chi connectivity index (χ1n) is 8.71. The van der Waals surface area contributed by atoms with Gasteiger partial charge in [-0.25, -0.2) is 0 Å². The van der Waals surface area contributed by atoms with E-state index in [1.807, 2.05) is 0 Å². The molecule has 4 nitrogen and oxygen atoms in total. The molecule has 0 unspecified atom stereocenters. The van der Waals surface area contributed by atoms with Crippen LogP contribution in [0.3, 0.4) is 0 Å². The fourth-order valence-corrected chi connectivity index (χ4v) is 3.24. The lowest BCUT2D eigenvalue weighted by Crippen LogP contribution is -2.29. The zero-order valence-corrected chi connectivity index (χ0v) is 14.9. The standard InChI is InChI=1S/C20H28N4/c1-15(2)24-14-22-19-12-18(8-9-20(19)24)17-6-4-16(5-7-17)13-23(3)11-10-21/h4-9,12,15,22H,10-11,13-14,21H2,1-3H3. The summed E-state index contributed by atoms with van der Waals surface area (Å²) in [6, 6.07) is 16.1. The maximum Gasteiger partial charge on any atom is 0.0880 e. The third-order valence-electron chi connectivity index (χ3n) is 4.62. The molecular weight excluding hydrogens is 296 g/mol. The van der Waals surface area contributed by atoms with Crippen LogP contribution in [0.2, 0.25) is 0 Å². The fourth-order valence-electron chi connectivity index (χ4n) is 3.24. The van der Waals surface area contributed by atoms with Gasteiger partial charge >= 0.3 is 0 Å². The smallest absolute Gasteiger partial charge is 0.0880 e. The molecule has 0 radical (unpaired) electrons. The van der Waals surface area contributed by atoms with Crippen molar-refractivity contribution in [3.8, 4) is 11.1 Å². The van der Waals surface area contributed by atoms with Crippen molar-refractivity contribution in [2.45, 2.75) is 26.4 Å². The largest absolute Gasteiger partial charge is 0.366 e. The van der Waals surface area contributed by atoms with Crippen molar-refractivity contribution in [3.05, 3.63) is 48.0 Å². The van der Waals surface area contributed by atoms with Crippen LogP contribution in [0.25, 0.3) is 11.1 Å². The highest BCUT2D eigenvalue weighted by Crippen LogP contribution is 2.36. The minimum atomic E-state index is 0.509. The van der Waals surface area contributed by atoms with Crippen LogP contribution in [0.1, 0.15) is 19.4 Å². The van der Waals surface area contributed by atoms with Gasteiger partial charge in [0.2, 0.25) is 0 Å². The molecule has 0 amide bonds. The van der Waals surface area contributed by atoms with E-state index in [9.17, 15) is 0 Å². The zero-order chi connectivity index (χ0) is 17.1. The number of benzene rings is 2. The molecule has 0 saturated heterocycles. The lowest BCUT2D eigenvalue weighted by atomic mass is 10.0. The molecule has 2 aromatic carbocycles. The van der Waals surface area contributed by atoms with E-state index in [4.69, 9.17) is 5.73 Å². The van der Waals surface area contributed by atoms with E-state index in [-0.39, 0.29) is 0 Å². The molecule has 0 fully saturated rings. The average molecular weight is 324 g/mol. The summed E-state index contributed by atoms with van der Waals surface area (Å²) < 4.78 is 0. The highest BCUT2D eigenvalue weighted by Gasteiger charge is 2.20. The molecule has 4 heteroatoms. The molecule has 128 valence electrons. The lowest BCUT2D eigenvalue weighted by Gasteiger charge is -2.22. The molecule has 3 N–H and O–H groups in total. The van der Waals surface area contributed by atoms with Gasteiger partial charge in [-0.1, -0.05) is 30.3 Å². The molecule has 0 aliphatic carbocycles. The van der Waals surface area contributed by atoms with Crippen molar-refractivity contribution in [1.82, 2.24) is 4.90 Å². The third kappa shape index (κ3) is 3.55. The Balaban J connectivity index is 1.76. The van der Waals surface area contributed by atoms with Gasteiger partial charge < -0.3 is 20.9 Å². The van der Waals surface area contributed by atoms with Gasteiger partial charge in [0.15, 0.2) is 0 Å². The molecular formula is C20H28N4. The molecule has 0 atom stereocenters. The Morgan fingerprint density at radius 3 is 2.50 bits per heavy atom. The number of likely N-dealkylation sites (N-methyl/N-ethyl adjacent to an activating group) is 1. The van der Waals surface area contributed by atoms with Crippen molar-refractivity contribution < 1.29 is 0 Å². The molecule has 1 aliphatic rings. The summed E-state index contributed by atoms with van der Waals surface area (Å²) >= 11 is 0. The molecule has 1 heterocycles. The van der Waals surface area contributed by atoms with Crippen molar-refractivity contribution in [1.29, 1.82) is 0 Å². The maximum atomic E-state index is 5.61. The summed E-state index contributed by atoms with van der Waals surface area (Å²) in [6.07, 6.45) is 0. The van der Waals surface area contributed by atoms with Crippen LogP contribution in [0.15, 0.2) is 42.5 Å². The van der Waals surface area contributed by atoms with E-state index in [0.717, 1.165) is 19.8 Å². The van der Waals surface area contributed by atoms with E-state index in [0.29, 0.717) is 12.6 Å². The van der Waals surface area contributed by atoms with E-state index in [1.165, 1.54) is 28.1 Å². The number of nitrogens with zero attached hydrogens (tertiary/aromatic N) is 2. The van der Waals surface area contributed by atoms with Crippen LogP contribution < -0.4 is 16.0 Å². The Kier molecular flexibility index (Phi) is 5.07. The number of hydrogen-bond acceptors (Lipinski definition) is 4. The number of hydrogen-bond donors (Lipinski definition) is 2. The van der Waals surface area contributed by atoms with Crippen molar-refractivity contribution >= 4 is 11.4 Å². The number of anilines is 2. The second-order valence-electron chi connectivity index (χ2n) is 6.85. The van der Waals surface area contributed by atoms with Crippen LogP contribution in [-0.4, -0.2) is 37.7 Å². The van der Waals surface area contributed by atoms with Crippen molar-refractivity contribution in [2.75, 3.05) is 37.0 Å². The fraction of sp³-hybridized carbons (Fsp3) is 0.400. The summed E-state index contributed by atoms with van der Waals surface area (Å²) in [7, 11) is 2.10. The monoisotopic (exact) mass is 324 g/mol. The summed E-state index contributed by atoms with van der Waals surface area (Å²) in [4.78, 5) is 4.63. The van der Waals surface area contributed by atoms with Gasteiger partial charge in [-0.2, -0.15) is 0 Å². The zero-order valence-electron chi connectivity index (χ0n) is 14.9. The minimum absolute atomic E-state index is 0.509.